The number of piperidine rings is 1. The van der Waals surface area contributed by atoms with Gasteiger partial charge in [-0.3, -0.25) is 0 Å². The molecule has 0 radical (unpaired) electrons. The maximum Gasteiger partial charge on any atom is 0.0698 e. The highest BCUT2D eigenvalue weighted by atomic mass is 16.5. The molecule has 2 heteroatoms. The van der Waals surface area contributed by atoms with Crippen molar-refractivity contribution in [1.82, 2.24) is 4.90 Å². The highest BCUT2D eigenvalue weighted by molar-refractivity contribution is 4.72. The van der Waals surface area contributed by atoms with Gasteiger partial charge in [0.15, 0.2) is 0 Å². The lowest BCUT2D eigenvalue weighted by atomic mass is 10.1. The minimum Gasteiger partial charge on any atom is -0.380 e. The van der Waals surface area contributed by atoms with Crippen molar-refractivity contribution in [3.63, 3.8) is 0 Å². The molecule has 0 amide bonds. The first kappa shape index (κ1) is 11.0. The zero-order chi connectivity index (χ0) is 9.68. The number of ether oxygens (including phenoxy) is 1. The number of nitrogens with zero attached hydrogens (tertiary/aromatic N) is 1. The van der Waals surface area contributed by atoms with E-state index in [0.29, 0.717) is 6.10 Å². The Balaban J connectivity index is 2.18. The summed E-state index contributed by atoms with van der Waals surface area (Å²) in [5, 5.41) is 0. The summed E-state index contributed by atoms with van der Waals surface area (Å²) in [4.78, 5) is 2.54. The molecule has 0 spiro atoms. The molecular formula is C11H23NO. The van der Waals surface area contributed by atoms with Crippen molar-refractivity contribution in [2.24, 2.45) is 5.92 Å². The van der Waals surface area contributed by atoms with Crippen LogP contribution in [0.3, 0.4) is 0 Å². The molecule has 78 valence electrons. The van der Waals surface area contributed by atoms with Crippen LogP contribution < -0.4 is 0 Å². The highest BCUT2D eigenvalue weighted by Crippen LogP contribution is 2.13. The SMILES string of the molecule is COC1CCCN(CCC(C)C)C1. The molecule has 13 heavy (non-hydrogen) atoms. The predicted molar refractivity (Wildman–Crippen MR) is 55.9 cm³/mol. The van der Waals surface area contributed by atoms with Crippen LogP contribution in [0.15, 0.2) is 0 Å². The molecule has 0 aliphatic carbocycles. The van der Waals surface area contributed by atoms with Gasteiger partial charge in [0.2, 0.25) is 0 Å². The molecule has 1 atom stereocenters. The first-order valence-electron chi connectivity index (χ1n) is 5.47. The van der Waals surface area contributed by atoms with Crippen LogP contribution in [-0.4, -0.2) is 37.7 Å². The molecule has 0 bridgehead atoms. The fraction of sp³-hybridized carbons (Fsp3) is 1.00. The molecule has 1 aliphatic rings. The van der Waals surface area contributed by atoms with Crippen LogP contribution >= 0.6 is 0 Å². The molecule has 0 aromatic carbocycles. The molecule has 0 aromatic heterocycles. The zero-order valence-corrected chi connectivity index (χ0v) is 9.25. The van der Waals surface area contributed by atoms with Crippen LogP contribution in [0.1, 0.15) is 33.1 Å². The summed E-state index contributed by atoms with van der Waals surface area (Å²) >= 11 is 0. The van der Waals surface area contributed by atoms with E-state index in [4.69, 9.17) is 4.74 Å². The van der Waals surface area contributed by atoms with Crippen molar-refractivity contribution in [2.45, 2.75) is 39.2 Å². The second kappa shape index (κ2) is 5.61. The topological polar surface area (TPSA) is 12.5 Å². The van der Waals surface area contributed by atoms with Crippen molar-refractivity contribution in [1.29, 1.82) is 0 Å². The quantitative estimate of drug-likeness (QED) is 0.665. The van der Waals surface area contributed by atoms with E-state index in [0.717, 1.165) is 12.5 Å². The van der Waals surface area contributed by atoms with Gasteiger partial charge < -0.3 is 9.64 Å². The Morgan fingerprint density at radius 3 is 2.85 bits per heavy atom. The number of rotatable bonds is 4. The van der Waals surface area contributed by atoms with Gasteiger partial charge >= 0.3 is 0 Å². The molecule has 1 saturated heterocycles. The molecule has 1 unspecified atom stereocenters. The monoisotopic (exact) mass is 185 g/mol. The number of likely N-dealkylation sites (tertiary alicyclic amines) is 1. The van der Waals surface area contributed by atoms with Crippen LogP contribution in [-0.2, 0) is 4.74 Å². The average molecular weight is 185 g/mol. The van der Waals surface area contributed by atoms with E-state index in [2.05, 4.69) is 18.7 Å². The molecule has 1 fully saturated rings. The van der Waals surface area contributed by atoms with Crippen LogP contribution in [0, 0.1) is 5.92 Å². The van der Waals surface area contributed by atoms with Crippen molar-refractivity contribution in [3.8, 4) is 0 Å². The molecule has 0 N–H and O–H groups in total. The Bertz CT molecular complexity index is 136. The van der Waals surface area contributed by atoms with Gasteiger partial charge in [0.25, 0.3) is 0 Å². The van der Waals surface area contributed by atoms with E-state index in [1.165, 1.54) is 32.4 Å². The third-order valence-corrected chi connectivity index (χ3v) is 2.82. The molecule has 1 heterocycles. The third-order valence-electron chi connectivity index (χ3n) is 2.82. The Hall–Kier alpha value is -0.0800. The summed E-state index contributed by atoms with van der Waals surface area (Å²) in [7, 11) is 1.83. The second-order valence-electron chi connectivity index (χ2n) is 4.48. The van der Waals surface area contributed by atoms with Crippen molar-refractivity contribution < 1.29 is 4.74 Å². The normalized spacial score (nSPS) is 25.4. The van der Waals surface area contributed by atoms with E-state index in [9.17, 15) is 0 Å². The lowest BCUT2D eigenvalue weighted by Gasteiger charge is -2.32. The van der Waals surface area contributed by atoms with E-state index < -0.39 is 0 Å². The summed E-state index contributed by atoms with van der Waals surface area (Å²) in [6.45, 7) is 8.24. The third kappa shape index (κ3) is 4.10. The zero-order valence-electron chi connectivity index (χ0n) is 9.25. The molecule has 2 nitrogen and oxygen atoms in total. The lowest BCUT2D eigenvalue weighted by molar-refractivity contribution is 0.0300. The first-order chi connectivity index (χ1) is 6.22. The van der Waals surface area contributed by atoms with Gasteiger partial charge in [-0.05, 0) is 38.3 Å². The van der Waals surface area contributed by atoms with Crippen molar-refractivity contribution in [2.75, 3.05) is 26.7 Å². The van der Waals surface area contributed by atoms with Crippen molar-refractivity contribution in [3.05, 3.63) is 0 Å². The molecule has 0 saturated carbocycles. The standard InChI is InChI=1S/C11H23NO/c1-10(2)6-8-12-7-4-5-11(9-12)13-3/h10-11H,4-9H2,1-3H3. The number of hydrogen-bond donors (Lipinski definition) is 0. The summed E-state index contributed by atoms with van der Waals surface area (Å²) in [6, 6.07) is 0. The van der Waals surface area contributed by atoms with Gasteiger partial charge in [0.05, 0.1) is 6.10 Å². The Kier molecular flexibility index (Phi) is 4.74. The fourth-order valence-corrected chi connectivity index (χ4v) is 1.85. The fourth-order valence-electron chi connectivity index (χ4n) is 1.85. The van der Waals surface area contributed by atoms with Crippen LogP contribution in [0.4, 0.5) is 0 Å². The van der Waals surface area contributed by atoms with E-state index in [1.54, 1.807) is 0 Å². The van der Waals surface area contributed by atoms with Gasteiger partial charge in [0, 0.05) is 13.7 Å². The molecule has 1 aliphatic heterocycles. The van der Waals surface area contributed by atoms with Gasteiger partial charge in [-0.15, -0.1) is 0 Å². The van der Waals surface area contributed by atoms with Gasteiger partial charge in [-0.1, -0.05) is 13.8 Å². The first-order valence-corrected chi connectivity index (χ1v) is 5.47. The van der Waals surface area contributed by atoms with E-state index in [1.807, 2.05) is 7.11 Å². The minimum atomic E-state index is 0.487. The average Bonchev–Trinajstić information content (AvgIpc) is 2.15. The van der Waals surface area contributed by atoms with Crippen LogP contribution in [0.2, 0.25) is 0 Å². The van der Waals surface area contributed by atoms with Crippen LogP contribution in [0.5, 0.6) is 0 Å². The molecule has 1 rings (SSSR count). The number of methoxy groups -OCH3 is 1. The highest BCUT2D eigenvalue weighted by Gasteiger charge is 2.18. The maximum atomic E-state index is 5.39. The van der Waals surface area contributed by atoms with Gasteiger partial charge in [-0.2, -0.15) is 0 Å². The summed E-state index contributed by atoms with van der Waals surface area (Å²) in [5.74, 6) is 0.822. The van der Waals surface area contributed by atoms with Gasteiger partial charge in [0.1, 0.15) is 0 Å². The Labute approximate surface area is 82.3 Å². The second-order valence-corrected chi connectivity index (χ2v) is 4.48. The van der Waals surface area contributed by atoms with Gasteiger partial charge in [-0.25, -0.2) is 0 Å². The van der Waals surface area contributed by atoms with Crippen LogP contribution in [0.25, 0.3) is 0 Å². The summed E-state index contributed by atoms with van der Waals surface area (Å²) in [5.41, 5.74) is 0. The minimum absolute atomic E-state index is 0.487. The summed E-state index contributed by atoms with van der Waals surface area (Å²) < 4.78 is 5.39. The van der Waals surface area contributed by atoms with Crippen molar-refractivity contribution >= 4 is 0 Å². The van der Waals surface area contributed by atoms with E-state index >= 15 is 0 Å². The largest absolute Gasteiger partial charge is 0.380 e. The molecule has 0 aromatic rings. The molecular weight excluding hydrogens is 162 g/mol. The Morgan fingerprint density at radius 2 is 2.23 bits per heavy atom. The van der Waals surface area contributed by atoms with E-state index in [-0.39, 0.29) is 0 Å². The Morgan fingerprint density at radius 1 is 1.46 bits per heavy atom. The summed E-state index contributed by atoms with van der Waals surface area (Å²) in [6.07, 6.45) is 4.35. The lowest BCUT2D eigenvalue weighted by Crippen LogP contribution is -2.39. The number of hydrogen-bond acceptors (Lipinski definition) is 2. The predicted octanol–water partition coefficient (Wildman–Crippen LogP) is 2.14. The maximum absolute atomic E-state index is 5.39. The smallest absolute Gasteiger partial charge is 0.0698 e.